The molecule has 1 aliphatic heterocycles. The molecule has 0 unspecified atom stereocenters. The lowest BCUT2D eigenvalue weighted by molar-refractivity contribution is 0.0765. The van der Waals surface area contributed by atoms with E-state index >= 15 is 0 Å². The molecular weight excluding hydrogens is 324 g/mol. The summed E-state index contributed by atoms with van der Waals surface area (Å²) in [7, 11) is 0. The highest BCUT2D eigenvalue weighted by Gasteiger charge is 2.23. The first kappa shape index (κ1) is 15.5. The summed E-state index contributed by atoms with van der Waals surface area (Å²) in [6.07, 6.45) is 0.919. The maximum Gasteiger partial charge on any atom is 0.265 e. The largest absolute Gasteiger partial charge is 0.424 e. The van der Waals surface area contributed by atoms with Crippen LogP contribution >= 0.6 is 22.9 Å². The smallest absolute Gasteiger partial charge is 0.265 e. The van der Waals surface area contributed by atoms with Gasteiger partial charge in [-0.3, -0.25) is 9.69 Å². The van der Waals surface area contributed by atoms with E-state index in [2.05, 4.69) is 15.1 Å². The van der Waals surface area contributed by atoms with Gasteiger partial charge in [-0.25, -0.2) is 0 Å². The average Bonchev–Trinajstić information content (AvgIpc) is 3.02. The molecule has 0 saturated carbocycles. The van der Waals surface area contributed by atoms with E-state index in [1.54, 1.807) is 13.0 Å². The van der Waals surface area contributed by atoms with E-state index in [4.69, 9.17) is 16.0 Å². The van der Waals surface area contributed by atoms with Crippen LogP contribution in [0, 0.1) is 6.92 Å². The molecule has 3 rings (SSSR count). The fraction of sp³-hybridized carbons (Fsp3) is 0.500. The summed E-state index contributed by atoms with van der Waals surface area (Å²) in [5, 5.41) is 10.2. The molecule has 6 nitrogen and oxygen atoms in total. The van der Waals surface area contributed by atoms with Gasteiger partial charge in [0.25, 0.3) is 5.91 Å². The van der Waals surface area contributed by atoms with E-state index in [9.17, 15) is 4.79 Å². The molecule has 1 saturated heterocycles. The molecular formula is C14H17ClN4O2S. The predicted octanol–water partition coefficient (Wildman–Crippen LogP) is 2.44. The highest BCUT2D eigenvalue weighted by molar-refractivity contribution is 7.12. The quantitative estimate of drug-likeness (QED) is 0.858. The minimum absolute atomic E-state index is 0.0236. The molecule has 0 aromatic carbocycles. The Hall–Kier alpha value is -1.44. The topological polar surface area (TPSA) is 62.5 Å². The summed E-state index contributed by atoms with van der Waals surface area (Å²) in [6.45, 7) is 5.53. The number of hydrogen-bond acceptors (Lipinski definition) is 6. The van der Waals surface area contributed by atoms with Gasteiger partial charge in [-0.15, -0.1) is 21.5 Å². The summed E-state index contributed by atoms with van der Waals surface area (Å²) in [4.78, 5) is 17.2. The predicted molar refractivity (Wildman–Crippen MR) is 84.2 cm³/mol. The zero-order chi connectivity index (χ0) is 15.5. The molecule has 0 radical (unpaired) electrons. The SMILES string of the molecule is Cc1nnc(CN2CCCN(C(=O)c3sccc3Cl)CC2)o1. The summed E-state index contributed by atoms with van der Waals surface area (Å²) in [6, 6.07) is 1.77. The monoisotopic (exact) mass is 340 g/mol. The first-order valence-electron chi connectivity index (χ1n) is 7.17. The highest BCUT2D eigenvalue weighted by atomic mass is 35.5. The Labute approximate surface area is 137 Å². The third kappa shape index (κ3) is 3.48. The maximum absolute atomic E-state index is 12.5. The van der Waals surface area contributed by atoms with Crippen LogP contribution in [0.5, 0.6) is 0 Å². The second-order valence-electron chi connectivity index (χ2n) is 5.23. The van der Waals surface area contributed by atoms with Crippen molar-refractivity contribution >= 4 is 28.8 Å². The summed E-state index contributed by atoms with van der Waals surface area (Å²) >= 11 is 7.45. The molecule has 1 amide bonds. The number of carbonyl (C=O) groups is 1. The Balaban J connectivity index is 1.60. The average molecular weight is 341 g/mol. The Morgan fingerprint density at radius 2 is 2.23 bits per heavy atom. The first-order valence-corrected chi connectivity index (χ1v) is 8.43. The lowest BCUT2D eigenvalue weighted by Gasteiger charge is -2.20. The molecule has 1 aliphatic rings. The number of aryl methyl sites for hydroxylation is 1. The van der Waals surface area contributed by atoms with E-state index in [1.165, 1.54) is 11.3 Å². The number of rotatable bonds is 3. The van der Waals surface area contributed by atoms with Gasteiger partial charge in [-0.2, -0.15) is 0 Å². The molecule has 22 heavy (non-hydrogen) atoms. The van der Waals surface area contributed by atoms with Crippen molar-refractivity contribution in [1.29, 1.82) is 0 Å². The molecule has 0 N–H and O–H groups in total. The van der Waals surface area contributed by atoms with Crippen LogP contribution in [0.2, 0.25) is 5.02 Å². The van der Waals surface area contributed by atoms with E-state index in [0.717, 1.165) is 26.1 Å². The van der Waals surface area contributed by atoms with E-state index in [0.29, 0.717) is 34.8 Å². The second kappa shape index (κ2) is 6.76. The van der Waals surface area contributed by atoms with Gasteiger partial charge in [0.15, 0.2) is 0 Å². The molecule has 0 bridgehead atoms. The third-order valence-corrected chi connectivity index (χ3v) is 4.94. The van der Waals surface area contributed by atoms with Crippen molar-refractivity contribution in [3.63, 3.8) is 0 Å². The van der Waals surface area contributed by atoms with Gasteiger partial charge in [0.1, 0.15) is 4.88 Å². The van der Waals surface area contributed by atoms with Crippen LogP contribution in [-0.2, 0) is 6.54 Å². The summed E-state index contributed by atoms with van der Waals surface area (Å²) < 4.78 is 5.42. The molecule has 0 atom stereocenters. The second-order valence-corrected chi connectivity index (χ2v) is 6.56. The minimum atomic E-state index is 0.0236. The van der Waals surface area contributed by atoms with Gasteiger partial charge in [0.05, 0.1) is 11.6 Å². The van der Waals surface area contributed by atoms with Crippen LogP contribution in [-0.4, -0.2) is 52.1 Å². The van der Waals surface area contributed by atoms with E-state index < -0.39 is 0 Å². The van der Waals surface area contributed by atoms with Gasteiger partial charge in [-0.05, 0) is 17.9 Å². The van der Waals surface area contributed by atoms with Crippen molar-refractivity contribution in [2.45, 2.75) is 19.9 Å². The number of carbonyl (C=O) groups excluding carboxylic acids is 1. The third-order valence-electron chi connectivity index (χ3n) is 3.61. The molecule has 3 heterocycles. The number of amides is 1. The van der Waals surface area contributed by atoms with Gasteiger partial charge >= 0.3 is 0 Å². The number of halogens is 1. The van der Waals surface area contributed by atoms with Crippen molar-refractivity contribution in [1.82, 2.24) is 20.0 Å². The fourth-order valence-corrected chi connectivity index (χ4v) is 3.62. The van der Waals surface area contributed by atoms with Gasteiger partial charge in [0.2, 0.25) is 11.8 Å². The normalized spacial score (nSPS) is 16.7. The standard InChI is InChI=1S/C14H17ClN4O2S/c1-10-16-17-12(21-10)9-18-4-2-5-19(7-6-18)14(20)13-11(15)3-8-22-13/h3,8H,2,4-7,9H2,1H3. The van der Waals surface area contributed by atoms with Gasteiger partial charge < -0.3 is 9.32 Å². The molecule has 8 heteroatoms. The van der Waals surface area contributed by atoms with Crippen LogP contribution in [0.3, 0.4) is 0 Å². The zero-order valence-electron chi connectivity index (χ0n) is 12.3. The summed E-state index contributed by atoms with van der Waals surface area (Å²) in [5.74, 6) is 1.23. The number of hydrogen-bond donors (Lipinski definition) is 0. The molecule has 118 valence electrons. The summed E-state index contributed by atoms with van der Waals surface area (Å²) in [5.41, 5.74) is 0. The molecule has 0 aliphatic carbocycles. The van der Waals surface area contributed by atoms with Crippen molar-refractivity contribution in [2.24, 2.45) is 0 Å². The lowest BCUT2D eigenvalue weighted by atomic mass is 10.3. The van der Waals surface area contributed by atoms with Crippen molar-refractivity contribution in [3.8, 4) is 0 Å². The Kier molecular flexibility index (Phi) is 4.75. The van der Waals surface area contributed by atoms with Gasteiger partial charge in [0, 0.05) is 33.1 Å². The number of nitrogens with zero attached hydrogens (tertiary/aromatic N) is 4. The first-order chi connectivity index (χ1) is 10.6. The Bertz CT molecular complexity index is 657. The highest BCUT2D eigenvalue weighted by Crippen LogP contribution is 2.24. The van der Waals surface area contributed by atoms with Crippen LogP contribution in [0.25, 0.3) is 0 Å². The zero-order valence-corrected chi connectivity index (χ0v) is 13.9. The Morgan fingerprint density at radius 1 is 1.36 bits per heavy atom. The molecule has 2 aromatic rings. The van der Waals surface area contributed by atoms with Crippen LogP contribution in [0.4, 0.5) is 0 Å². The van der Waals surface area contributed by atoms with Gasteiger partial charge in [-0.1, -0.05) is 11.6 Å². The van der Waals surface area contributed by atoms with Crippen LogP contribution in [0.15, 0.2) is 15.9 Å². The van der Waals surface area contributed by atoms with Crippen molar-refractivity contribution in [3.05, 3.63) is 33.1 Å². The molecule has 1 fully saturated rings. The maximum atomic E-state index is 12.5. The number of aromatic nitrogens is 2. The lowest BCUT2D eigenvalue weighted by Crippen LogP contribution is -2.34. The Morgan fingerprint density at radius 3 is 2.91 bits per heavy atom. The van der Waals surface area contributed by atoms with Crippen molar-refractivity contribution in [2.75, 3.05) is 26.2 Å². The fourth-order valence-electron chi connectivity index (χ4n) is 2.51. The van der Waals surface area contributed by atoms with Crippen LogP contribution < -0.4 is 0 Å². The number of thiophene rings is 1. The van der Waals surface area contributed by atoms with E-state index in [1.807, 2.05) is 10.3 Å². The van der Waals surface area contributed by atoms with E-state index in [-0.39, 0.29) is 5.91 Å². The minimum Gasteiger partial charge on any atom is -0.424 e. The van der Waals surface area contributed by atoms with Crippen molar-refractivity contribution < 1.29 is 9.21 Å². The van der Waals surface area contributed by atoms with Crippen LogP contribution in [0.1, 0.15) is 27.9 Å². The molecule has 0 spiro atoms. The molecule has 2 aromatic heterocycles.